The van der Waals surface area contributed by atoms with E-state index in [0.717, 1.165) is 43.8 Å². The van der Waals surface area contributed by atoms with Crippen LogP contribution in [0.15, 0.2) is 24.3 Å². The third kappa shape index (κ3) is 4.96. The molecule has 1 N–H and O–H groups in total. The van der Waals surface area contributed by atoms with Crippen molar-refractivity contribution in [3.8, 4) is 5.75 Å². The number of benzene rings is 1. The van der Waals surface area contributed by atoms with Crippen LogP contribution in [0.2, 0.25) is 0 Å². The van der Waals surface area contributed by atoms with Gasteiger partial charge in [-0.3, -0.25) is 9.69 Å². The highest BCUT2D eigenvalue weighted by molar-refractivity contribution is 5.77. The molecular weight excluding hydrogens is 332 g/mol. The predicted molar refractivity (Wildman–Crippen MR) is 99.0 cm³/mol. The Labute approximate surface area is 155 Å². The van der Waals surface area contributed by atoms with Crippen LogP contribution in [0.5, 0.6) is 5.75 Å². The highest BCUT2D eigenvalue weighted by Crippen LogP contribution is 2.22. The second-order valence-electron chi connectivity index (χ2n) is 7.34. The Morgan fingerprint density at radius 2 is 2.04 bits per heavy atom. The molecule has 26 heavy (non-hydrogen) atoms. The van der Waals surface area contributed by atoms with E-state index in [9.17, 15) is 9.90 Å². The summed E-state index contributed by atoms with van der Waals surface area (Å²) in [5.41, 5.74) is 1.04. The minimum Gasteiger partial charge on any atom is -0.483 e. The van der Waals surface area contributed by atoms with Gasteiger partial charge in [0.2, 0.25) is 0 Å². The van der Waals surface area contributed by atoms with Gasteiger partial charge in [-0.1, -0.05) is 25.1 Å². The molecule has 0 bridgehead atoms. The normalized spacial score (nSPS) is 22.4. The summed E-state index contributed by atoms with van der Waals surface area (Å²) in [6.07, 6.45) is 2.14. The predicted octanol–water partition coefficient (Wildman–Crippen LogP) is 1.52. The van der Waals surface area contributed by atoms with Gasteiger partial charge in [0.25, 0.3) is 5.91 Å². The van der Waals surface area contributed by atoms with Crippen molar-refractivity contribution < 1.29 is 19.4 Å². The van der Waals surface area contributed by atoms with E-state index in [1.54, 1.807) is 0 Å². The Morgan fingerprint density at radius 3 is 2.81 bits per heavy atom. The number of carbonyl (C=O) groups excluding carboxylic acids is 1. The number of piperidine rings is 1. The smallest absolute Gasteiger partial charge is 0.260 e. The number of morpholine rings is 1. The molecule has 2 aliphatic heterocycles. The van der Waals surface area contributed by atoms with E-state index in [2.05, 4.69) is 11.8 Å². The van der Waals surface area contributed by atoms with Crippen molar-refractivity contribution in [2.75, 3.05) is 46.1 Å². The van der Waals surface area contributed by atoms with Gasteiger partial charge in [-0.05, 0) is 24.8 Å². The molecule has 2 fully saturated rings. The first-order chi connectivity index (χ1) is 12.7. The zero-order valence-corrected chi connectivity index (χ0v) is 15.6. The van der Waals surface area contributed by atoms with Gasteiger partial charge >= 0.3 is 0 Å². The summed E-state index contributed by atoms with van der Waals surface area (Å²) in [5.74, 6) is 1.51. The highest BCUT2D eigenvalue weighted by atomic mass is 16.5. The molecule has 0 unspecified atom stereocenters. The summed E-state index contributed by atoms with van der Waals surface area (Å²) in [6, 6.07) is 7.84. The molecule has 2 aliphatic rings. The van der Waals surface area contributed by atoms with E-state index in [4.69, 9.17) is 9.47 Å². The quantitative estimate of drug-likeness (QED) is 0.831. The minimum atomic E-state index is 0.00813. The molecule has 3 rings (SSSR count). The van der Waals surface area contributed by atoms with Gasteiger partial charge in [0, 0.05) is 31.7 Å². The number of para-hydroxylation sites is 1. The van der Waals surface area contributed by atoms with Crippen LogP contribution in [0.4, 0.5) is 0 Å². The Balaban J connectivity index is 1.57. The standard InChI is InChI=1S/C20H30N2O4/c1-16-6-8-21(9-7-16)20(24)15-26-19-5-3-2-4-17(19)12-22-10-11-25-14-18(22)13-23/h2-5,16,18,23H,6-15H2,1H3/t18-/m1/s1. The molecule has 1 atom stereocenters. The number of carbonyl (C=O) groups is 1. The molecule has 6 heteroatoms. The molecule has 1 aromatic rings. The van der Waals surface area contributed by atoms with Crippen LogP contribution in [0.1, 0.15) is 25.3 Å². The number of ether oxygens (including phenoxy) is 2. The molecular formula is C20H30N2O4. The SMILES string of the molecule is CC1CCN(C(=O)COc2ccccc2CN2CCOC[C@H]2CO)CC1. The average molecular weight is 362 g/mol. The summed E-state index contributed by atoms with van der Waals surface area (Å²) in [5, 5.41) is 9.54. The third-order valence-corrected chi connectivity index (χ3v) is 5.39. The molecule has 2 saturated heterocycles. The lowest BCUT2D eigenvalue weighted by molar-refractivity contribution is -0.134. The Morgan fingerprint density at radius 1 is 1.27 bits per heavy atom. The van der Waals surface area contributed by atoms with Crippen LogP contribution in [0, 0.1) is 5.92 Å². The molecule has 2 heterocycles. The van der Waals surface area contributed by atoms with E-state index < -0.39 is 0 Å². The maximum atomic E-state index is 12.4. The van der Waals surface area contributed by atoms with Crippen molar-refractivity contribution in [3.05, 3.63) is 29.8 Å². The van der Waals surface area contributed by atoms with Crippen molar-refractivity contribution in [2.45, 2.75) is 32.4 Å². The summed E-state index contributed by atoms with van der Waals surface area (Å²) in [4.78, 5) is 16.5. The van der Waals surface area contributed by atoms with Crippen LogP contribution in [0.25, 0.3) is 0 Å². The van der Waals surface area contributed by atoms with E-state index in [1.165, 1.54) is 0 Å². The molecule has 1 aromatic carbocycles. The summed E-state index contributed by atoms with van der Waals surface area (Å²) in [6.45, 7) is 6.74. The number of hydrogen-bond acceptors (Lipinski definition) is 5. The molecule has 0 radical (unpaired) electrons. The summed E-state index contributed by atoms with van der Waals surface area (Å²) < 4.78 is 11.3. The fourth-order valence-corrected chi connectivity index (χ4v) is 3.55. The van der Waals surface area contributed by atoms with E-state index >= 15 is 0 Å². The lowest BCUT2D eigenvalue weighted by Gasteiger charge is -2.34. The number of amides is 1. The molecule has 0 spiro atoms. The maximum absolute atomic E-state index is 12.4. The molecule has 0 aromatic heterocycles. The maximum Gasteiger partial charge on any atom is 0.260 e. The summed E-state index contributed by atoms with van der Waals surface area (Å²) >= 11 is 0. The number of aliphatic hydroxyl groups is 1. The van der Waals surface area contributed by atoms with E-state index in [1.807, 2.05) is 29.2 Å². The summed E-state index contributed by atoms with van der Waals surface area (Å²) in [7, 11) is 0. The minimum absolute atomic E-state index is 0.00813. The van der Waals surface area contributed by atoms with Gasteiger partial charge in [-0.25, -0.2) is 0 Å². The van der Waals surface area contributed by atoms with Crippen molar-refractivity contribution in [2.24, 2.45) is 5.92 Å². The average Bonchev–Trinajstić information content (AvgIpc) is 2.68. The monoisotopic (exact) mass is 362 g/mol. The van der Waals surface area contributed by atoms with Crippen molar-refractivity contribution in [3.63, 3.8) is 0 Å². The lowest BCUT2D eigenvalue weighted by atomic mass is 9.99. The largest absolute Gasteiger partial charge is 0.483 e. The van der Waals surface area contributed by atoms with Gasteiger partial charge in [0.05, 0.1) is 25.9 Å². The van der Waals surface area contributed by atoms with Crippen LogP contribution >= 0.6 is 0 Å². The second kappa shape index (κ2) is 9.35. The van der Waals surface area contributed by atoms with Crippen LogP contribution < -0.4 is 4.74 Å². The first kappa shape index (κ1) is 19.1. The zero-order chi connectivity index (χ0) is 18.4. The van der Waals surface area contributed by atoms with Crippen molar-refractivity contribution in [1.82, 2.24) is 9.80 Å². The molecule has 1 amide bonds. The number of nitrogens with zero attached hydrogens (tertiary/aromatic N) is 2. The number of rotatable bonds is 6. The topological polar surface area (TPSA) is 62.2 Å². The van der Waals surface area contributed by atoms with Crippen molar-refractivity contribution >= 4 is 5.91 Å². The van der Waals surface area contributed by atoms with Gasteiger partial charge in [0.1, 0.15) is 5.75 Å². The fourth-order valence-electron chi connectivity index (χ4n) is 3.55. The molecule has 0 saturated carbocycles. The van der Waals surface area contributed by atoms with Gasteiger partial charge in [0.15, 0.2) is 6.61 Å². The highest BCUT2D eigenvalue weighted by Gasteiger charge is 2.24. The van der Waals surface area contributed by atoms with Gasteiger partial charge in [-0.15, -0.1) is 0 Å². The van der Waals surface area contributed by atoms with Gasteiger partial charge < -0.3 is 19.5 Å². The molecule has 6 nitrogen and oxygen atoms in total. The van der Waals surface area contributed by atoms with E-state index in [0.29, 0.717) is 25.7 Å². The lowest BCUT2D eigenvalue weighted by Crippen LogP contribution is -2.46. The Kier molecular flexibility index (Phi) is 6.88. The van der Waals surface area contributed by atoms with Crippen LogP contribution in [-0.2, 0) is 16.1 Å². The van der Waals surface area contributed by atoms with Gasteiger partial charge in [-0.2, -0.15) is 0 Å². The zero-order valence-electron chi connectivity index (χ0n) is 15.6. The van der Waals surface area contributed by atoms with E-state index in [-0.39, 0.29) is 25.2 Å². The van der Waals surface area contributed by atoms with Crippen molar-refractivity contribution in [1.29, 1.82) is 0 Å². The second-order valence-corrected chi connectivity index (χ2v) is 7.34. The molecule has 144 valence electrons. The van der Waals surface area contributed by atoms with Crippen LogP contribution in [-0.4, -0.2) is 72.9 Å². The first-order valence-corrected chi connectivity index (χ1v) is 9.58. The molecule has 0 aliphatic carbocycles. The first-order valence-electron chi connectivity index (χ1n) is 9.58. The number of likely N-dealkylation sites (tertiary alicyclic amines) is 1. The van der Waals surface area contributed by atoms with Crippen LogP contribution in [0.3, 0.4) is 0 Å². The third-order valence-electron chi connectivity index (χ3n) is 5.39. The Bertz CT molecular complexity index is 587. The number of hydrogen-bond donors (Lipinski definition) is 1. The Hall–Kier alpha value is -1.63. The number of aliphatic hydroxyl groups excluding tert-OH is 1. The fraction of sp³-hybridized carbons (Fsp3) is 0.650.